The molecule has 0 fully saturated rings. The number of hydrogen-bond donors (Lipinski definition) is 3. The van der Waals surface area contributed by atoms with E-state index in [9.17, 15) is 14.8 Å². The van der Waals surface area contributed by atoms with Gasteiger partial charge in [0.05, 0.1) is 12.7 Å². The molecule has 0 spiro atoms. The zero-order valence-corrected chi connectivity index (χ0v) is 16.0. The first kappa shape index (κ1) is 20.7. The smallest absolute Gasteiger partial charge is 0.194 e. The zero-order valence-electron chi connectivity index (χ0n) is 15.2. The van der Waals surface area contributed by atoms with E-state index in [1.165, 1.54) is 12.3 Å². The fraction of sp³-hybridized carbons (Fsp3) is 0.400. The quantitative estimate of drug-likeness (QED) is 0.438. The highest BCUT2D eigenvalue weighted by molar-refractivity contribution is 7.90. The summed E-state index contributed by atoms with van der Waals surface area (Å²) in [5.74, 6) is -0.0151. The van der Waals surface area contributed by atoms with Crippen LogP contribution in [0.25, 0.3) is 0 Å². The number of hydrogen-bond acceptors (Lipinski definition) is 5. The minimum atomic E-state index is -1.30. The molecule has 0 aromatic heterocycles. The normalized spacial score (nSPS) is 14.8. The molecule has 0 bridgehead atoms. The van der Waals surface area contributed by atoms with Crippen LogP contribution in [-0.2, 0) is 22.5 Å². The Hall–Kier alpha value is -1.57. The number of aliphatic hydroxyl groups excluding tert-OH is 1. The second kappa shape index (κ2) is 10.5. The van der Waals surface area contributed by atoms with E-state index in [2.05, 4.69) is 5.32 Å². The van der Waals surface area contributed by atoms with Crippen molar-refractivity contribution < 1.29 is 19.5 Å². The van der Waals surface area contributed by atoms with Crippen LogP contribution in [0.5, 0.6) is 5.75 Å². The Balaban J connectivity index is 1.71. The molecule has 5 nitrogen and oxygen atoms in total. The van der Waals surface area contributed by atoms with Crippen molar-refractivity contribution in [3.63, 3.8) is 0 Å². The van der Waals surface area contributed by atoms with E-state index in [4.69, 9.17) is 4.74 Å². The Bertz CT molecular complexity index is 666. The maximum absolute atomic E-state index is 11.6. The molecule has 3 atom stereocenters. The number of benzene rings is 2. The molecule has 3 N–H and O–H groups in total. The molecule has 0 saturated heterocycles. The molecule has 26 heavy (non-hydrogen) atoms. The van der Waals surface area contributed by atoms with E-state index in [1.54, 1.807) is 12.1 Å². The van der Waals surface area contributed by atoms with Gasteiger partial charge in [-0.25, -0.2) is 0 Å². The van der Waals surface area contributed by atoms with Crippen molar-refractivity contribution in [1.29, 1.82) is 0 Å². The minimum Gasteiger partial charge on any atom is -0.612 e. The SMILES string of the molecule is CC(CCOCc1ccccc1)NCC(O)c1ccc(O)c([S+](C)[O-])c1. The predicted molar refractivity (Wildman–Crippen MR) is 104 cm³/mol. The number of phenols is 1. The number of nitrogens with one attached hydrogen (secondary N) is 1. The van der Waals surface area contributed by atoms with Gasteiger partial charge in [-0.1, -0.05) is 36.4 Å². The van der Waals surface area contributed by atoms with Crippen LogP contribution in [0.4, 0.5) is 0 Å². The van der Waals surface area contributed by atoms with Gasteiger partial charge in [0.2, 0.25) is 0 Å². The third-order valence-electron chi connectivity index (χ3n) is 4.14. The summed E-state index contributed by atoms with van der Waals surface area (Å²) >= 11 is -1.30. The molecular weight excluding hydrogens is 350 g/mol. The van der Waals surface area contributed by atoms with E-state index >= 15 is 0 Å². The number of ether oxygens (including phenoxy) is 1. The van der Waals surface area contributed by atoms with E-state index < -0.39 is 17.3 Å². The zero-order chi connectivity index (χ0) is 18.9. The number of aromatic hydroxyl groups is 1. The monoisotopic (exact) mass is 377 g/mol. The van der Waals surface area contributed by atoms with Gasteiger partial charge in [-0.05, 0) is 41.7 Å². The maximum atomic E-state index is 11.6. The molecule has 0 aliphatic carbocycles. The minimum absolute atomic E-state index is 0.0151. The summed E-state index contributed by atoms with van der Waals surface area (Å²) < 4.78 is 17.3. The van der Waals surface area contributed by atoms with Crippen LogP contribution in [0.2, 0.25) is 0 Å². The van der Waals surface area contributed by atoms with Crippen LogP contribution in [0.3, 0.4) is 0 Å². The van der Waals surface area contributed by atoms with Gasteiger partial charge in [-0.2, -0.15) is 0 Å². The molecule has 2 aromatic rings. The Morgan fingerprint density at radius 1 is 1.19 bits per heavy atom. The highest BCUT2D eigenvalue weighted by Crippen LogP contribution is 2.26. The van der Waals surface area contributed by atoms with Gasteiger partial charge in [0, 0.05) is 25.3 Å². The standard InChI is InChI=1S/C20H27NO4S/c1-15(10-11-25-14-16-6-4-3-5-7-16)21-13-19(23)17-8-9-18(22)20(12-17)26(2)24/h3-9,12,15,19,21-23H,10-11,13-14H2,1-2H3. The molecule has 6 heteroatoms. The van der Waals surface area contributed by atoms with Crippen molar-refractivity contribution in [1.82, 2.24) is 5.32 Å². The summed E-state index contributed by atoms with van der Waals surface area (Å²) in [7, 11) is 0. The average molecular weight is 378 g/mol. The maximum Gasteiger partial charge on any atom is 0.194 e. The molecule has 3 unspecified atom stereocenters. The molecule has 2 aromatic carbocycles. The van der Waals surface area contributed by atoms with Gasteiger partial charge in [0.25, 0.3) is 0 Å². The Morgan fingerprint density at radius 3 is 2.62 bits per heavy atom. The summed E-state index contributed by atoms with van der Waals surface area (Å²) in [5.41, 5.74) is 1.79. The number of aliphatic hydroxyl groups is 1. The summed E-state index contributed by atoms with van der Waals surface area (Å²) in [5, 5.41) is 23.3. The fourth-order valence-corrected chi connectivity index (χ4v) is 3.19. The van der Waals surface area contributed by atoms with Crippen LogP contribution in [0.15, 0.2) is 53.4 Å². The second-order valence-corrected chi connectivity index (χ2v) is 7.68. The topological polar surface area (TPSA) is 84.8 Å². The molecule has 0 aliphatic heterocycles. The lowest BCUT2D eigenvalue weighted by atomic mass is 10.1. The van der Waals surface area contributed by atoms with Crippen molar-refractivity contribution in [2.24, 2.45) is 0 Å². The second-order valence-electron chi connectivity index (χ2n) is 6.33. The van der Waals surface area contributed by atoms with Crippen LogP contribution in [0.1, 0.15) is 30.6 Å². The highest BCUT2D eigenvalue weighted by Gasteiger charge is 2.16. The Labute approximate surface area is 158 Å². The van der Waals surface area contributed by atoms with Crippen molar-refractivity contribution in [2.45, 2.75) is 37.0 Å². The van der Waals surface area contributed by atoms with Crippen molar-refractivity contribution in [2.75, 3.05) is 19.4 Å². The lowest BCUT2D eigenvalue weighted by molar-refractivity contribution is 0.109. The first-order valence-corrected chi connectivity index (χ1v) is 10.2. The molecule has 0 amide bonds. The Kier molecular flexibility index (Phi) is 8.41. The Morgan fingerprint density at radius 2 is 1.92 bits per heavy atom. The summed E-state index contributed by atoms with van der Waals surface area (Å²) in [6.45, 7) is 3.65. The fourth-order valence-electron chi connectivity index (χ4n) is 2.53. The van der Waals surface area contributed by atoms with E-state index in [0.29, 0.717) is 30.2 Å². The van der Waals surface area contributed by atoms with Crippen molar-refractivity contribution >= 4 is 11.2 Å². The first-order valence-electron chi connectivity index (χ1n) is 8.67. The molecular formula is C20H27NO4S. The largest absolute Gasteiger partial charge is 0.612 e. The van der Waals surface area contributed by atoms with Gasteiger partial charge in [0.1, 0.15) is 6.26 Å². The third-order valence-corrected chi connectivity index (χ3v) is 5.09. The van der Waals surface area contributed by atoms with Gasteiger partial charge in [-0.3, -0.25) is 0 Å². The van der Waals surface area contributed by atoms with E-state index in [0.717, 1.165) is 12.0 Å². The molecule has 2 rings (SSSR count). The lowest BCUT2D eigenvalue weighted by Crippen LogP contribution is -2.31. The van der Waals surface area contributed by atoms with Crippen LogP contribution >= 0.6 is 0 Å². The summed E-state index contributed by atoms with van der Waals surface area (Å²) in [6.07, 6.45) is 1.60. The highest BCUT2D eigenvalue weighted by atomic mass is 32.2. The van der Waals surface area contributed by atoms with E-state index in [1.807, 2.05) is 37.3 Å². The molecule has 142 valence electrons. The lowest BCUT2D eigenvalue weighted by Gasteiger charge is -2.18. The molecule has 0 aliphatic rings. The summed E-state index contributed by atoms with van der Waals surface area (Å²) in [4.78, 5) is 0.337. The third kappa shape index (κ3) is 6.63. The van der Waals surface area contributed by atoms with Gasteiger partial charge >= 0.3 is 0 Å². The van der Waals surface area contributed by atoms with Crippen LogP contribution in [0, 0.1) is 0 Å². The van der Waals surface area contributed by atoms with Crippen LogP contribution in [-0.4, -0.2) is 40.2 Å². The van der Waals surface area contributed by atoms with Gasteiger partial charge in [-0.15, -0.1) is 0 Å². The van der Waals surface area contributed by atoms with Crippen molar-refractivity contribution in [3.05, 3.63) is 59.7 Å². The predicted octanol–water partition coefficient (Wildman–Crippen LogP) is 2.75. The molecule has 0 heterocycles. The van der Waals surface area contributed by atoms with Gasteiger partial charge in [0.15, 0.2) is 10.6 Å². The van der Waals surface area contributed by atoms with Crippen molar-refractivity contribution in [3.8, 4) is 5.75 Å². The summed E-state index contributed by atoms with van der Waals surface area (Å²) in [6, 6.07) is 14.9. The molecule has 0 saturated carbocycles. The van der Waals surface area contributed by atoms with E-state index in [-0.39, 0.29) is 11.8 Å². The average Bonchev–Trinajstić information content (AvgIpc) is 2.64. The molecule has 0 radical (unpaired) electrons. The number of phenolic OH excluding ortho intramolecular Hbond substituents is 1. The number of rotatable bonds is 10. The van der Waals surface area contributed by atoms with Gasteiger partial charge < -0.3 is 24.8 Å². The van der Waals surface area contributed by atoms with Crippen LogP contribution < -0.4 is 5.32 Å². The first-order chi connectivity index (χ1) is 12.5.